The van der Waals surface area contributed by atoms with Crippen LogP contribution in [-0.4, -0.2) is 30.7 Å². The zero-order valence-corrected chi connectivity index (χ0v) is 11.0. The molecule has 0 saturated carbocycles. The van der Waals surface area contributed by atoms with Gasteiger partial charge in [-0.3, -0.25) is 4.98 Å². The molecule has 100 valence electrons. The van der Waals surface area contributed by atoms with Crippen molar-refractivity contribution in [3.63, 3.8) is 0 Å². The van der Waals surface area contributed by atoms with E-state index in [2.05, 4.69) is 21.3 Å². The summed E-state index contributed by atoms with van der Waals surface area (Å²) in [6, 6.07) is 4.76. The molecular weight excluding hydrogens is 238 g/mol. The van der Waals surface area contributed by atoms with Crippen LogP contribution in [0.4, 0.5) is 5.69 Å². The summed E-state index contributed by atoms with van der Waals surface area (Å²) in [4.78, 5) is 6.92. The smallest absolute Gasteiger partial charge is 0.154 e. The van der Waals surface area contributed by atoms with E-state index < -0.39 is 0 Å². The minimum Gasteiger partial charge on any atom is -0.463 e. The van der Waals surface area contributed by atoms with E-state index in [1.54, 1.807) is 6.26 Å². The highest BCUT2D eigenvalue weighted by Gasteiger charge is 2.30. The van der Waals surface area contributed by atoms with Gasteiger partial charge >= 0.3 is 0 Å². The van der Waals surface area contributed by atoms with Gasteiger partial charge in [0.1, 0.15) is 5.52 Å². The molecule has 4 rings (SSSR count). The van der Waals surface area contributed by atoms with Crippen LogP contribution in [0.15, 0.2) is 29.0 Å². The van der Waals surface area contributed by atoms with Crippen LogP contribution in [0.2, 0.25) is 0 Å². The number of furan rings is 1. The fraction of sp³-hybridized carbons (Fsp3) is 0.533. The van der Waals surface area contributed by atoms with Crippen LogP contribution in [0, 0.1) is 5.92 Å². The number of anilines is 1. The number of pyridine rings is 1. The monoisotopic (exact) mass is 257 g/mol. The third-order valence-corrected chi connectivity index (χ3v) is 4.62. The predicted molar refractivity (Wildman–Crippen MR) is 75.4 cm³/mol. The first kappa shape index (κ1) is 11.3. The van der Waals surface area contributed by atoms with Crippen LogP contribution >= 0.6 is 0 Å². The second-order valence-electron chi connectivity index (χ2n) is 5.67. The van der Waals surface area contributed by atoms with E-state index in [1.165, 1.54) is 31.5 Å². The van der Waals surface area contributed by atoms with Crippen molar-refractivity contribution < 1.29 is 4.42 Å². The molecule has 4 nitrogen and oxygen atoms in total. The highest BCUT2D eigenvalue weighted by Crippen LogP contribution is 2.28. The number of hydrogen-bond acceptors (Lipinski definition) is 4. The van der Waals surface area contributed by atoms with Gasteiger partial charge in [0, 0.05) is 31.3 Å². The fourth-order valence-corrected chi connectivity index (χ4v) is 3.50. The summed E-state index contributed by atoms with van der Waals surface area (Å²) >= 11 is 0. The molecule has 0 aromatic carbocycles. The van der Waals surface area contributed by atoms with Crippen molar-refractivity contribution in [2.75, 3.05) is 24.5 Å². The molecule has 0 bridgehead atoms. The summed E-state index contributed by atoms with van der Waals surface area (Å²) in [7, 11) is 0. The maximum absolute atomic E-state index is 5.45. The van der Waals surface area contributed by atoms with Crippen molar-refractivity contribution in [2.45, 2.75) is 25.3 Å². The average Bonchev–Trinajstić information content (AvgIpc) is 3.03. The van der Waals surface area contributed by atoms with Crippen molar-refractivity contribution in [3.05, 3.63) is 24.6 Å². The van der Waals surface area contributed by atoms with E-state index in [4.69, 9.17) is 4.42 Å². The second-order valence-corrected chi connectivity index (χ2v) is 5.67. The Bertz CT molecular complexity index is 566. The Morgan fingerprint density at radius 2 is 2.21 bits per heavy atom. The molecule has 4 heteroatoms. The van der Waals surface area contributed by atoms with E-state index in [1.807, 2.05) is 12.3 Å². The lowest BCUT2D eigenvalue weighted by atomic mass is 9.96. The third kappa shape index (κ3) is 2.00. The van der Waals surface area contributed by atoms with Crippen LogP contribution in [0.25, 0.3) is 11.1 Å². The first-order chi connectivity index (χ1) is 9.40. The van der Waals surface area contributed by atoms with Crippen LogP contribution in [0.5, 0.6) is 0 Å². The molecule has 0 aliphatic carbocycles. The van der Waals surface area contributed by atoms with Crippen LogP contribution in [-0.2, 0) is 0 Å². The van der Waals surface area contributed by atoms with Crippen LogP contribution in [0.1, 0.15) is 19.3 Å². The fourth-order valence-electron chi connectivity index (χ4n) is 3.50. The maximum Gasteiger partial charge on any atom is 0.154 e. The van der Waals surface area contributed by atoms with Crippen molar-refractivity contribution in [2.24, 2.45) is 5.92 Å². The third-order valence-electron chi connectivity index (χ3n) is 4.62. The van der Waals surface area contributed by atoms with E-state index in [0.717, 1.165) is 36.1 Å². The molecule has 4 heterocycles. The van der Waals surface area contributed by atoms with Crippen molar-refractivity contribution >= 4 is 16.8 Å². The second kappa shape index (κ2) is 4.53. The number of nitrogens with one attached hydrogen (secondary N) is 1. The Hall–Kier alpha value is -1.55. The first-order valence-corrected chi connectivity index (χ1v) is 7.22. The average molecular weight is 257 g/mol. The molecule has 2 saturated heterocycles. The number of hydrogen-bond donors (Lipinski definition) is 1. The molecule has 2 atom stereocenters. The zero-order chi connectivity index (χ0) is 12.7. The molecule has 2 aliphatic rings. The van der Waals surface area contributed by atoms with Gasteiger partial charge in [0.05, 0.1) is 18.1 Å². The lowest BCUT2D eigenvalue weighted by Crippen LogP contribution is -2.28. The largest absolute Gasteiger partial charge is 0.463 e. The number of fused-ring (bicyclic) bond motifs is 2. The minimum absolute atomic E-state index is 0.727. The Balaban J connectivity index is 1.58. The van der Waals surface area contributed by atoms with E-state index in [-0.39, 0.29) is 0 Å². The predicted octanol–water partition coefficient (Wildman–Crippen LogP) is 2.41. The number of rotatable bonds is 1. The Morgan fingerprint density at radius 1 is 1.26 bits per heavy atom. The normalized spacial score (nSPS) is 27.5. The van der Waals surface area contributed by atoms with Crippen LogP contribution in [0.3, 0.4) is 0 Å². The molecule has 0 spiro atoms. The number of aromatic nitrogens is 1. The number of nitrogens with zero attached hydrogens (tertiary/aromatic N) is 2. The summed E-state index contributed by atoms with van der Waals surface area (Å²) in [6.07, 6.45) is 7.55. The van der Waals surface area contributed by atoms with Crippen molar-refractivity contribution in [1.29, 1.82) is 0 Å². The van der Waals surface area contributed by atoms with Gasteiger partial charge in [0.25, 0.3) is 0 Å². The van der Waals surface area contributed by atoms with E-state index in [0.29, 0.717) is 0 Å². The molecule has 2 fully saturated rings. The lowest BCUT2D eigenvalue weighted by molar-refractivity contribution is 0.436. The highest BCUT2D eigenvalue weighted by molar-refractivity contribution is 5.76. The molecular formula is C15H19N3O. The van der Waals surface area contributed by atoms with Gasteiger partial charge in [-0.1, -0.05) is 0 Å². The topological polar surface area (TPSA) is 41.3 Å². The first-order valence-electron chi connectivity index (χ1n) is 7.22. The lowest BCUT2D eigenvalue weighted by Gasteiger charge is -2.22. The minimum atomic E-state index is 0.727. The van der Waals surface area contributed by atoms with Gasteiger partial charge in [-0.15, -0.1) is 0 Å². The van der Waals surface area contributed by atoms with Gasteiger partial charge in [0.15, 0.2) is 5.58 Å². The van der Waals surface area contributed by atoms with Crippen molar-refractivity contribution in [1.82, 2.24) is 10.3 Å². The van der Waals surface area contributed by atoms with Gasteiger partial charge in [0.2, 0.25) is 0 Å². The summed E-state index contributed by atoms with van der Waals surface area (Å²) < 4.78 is 5.45. The molecule has 0 radical (unpaired) electrons. The quantitative estimate of drug-likeness (QED) is 0.851. The molecule has 1 N–H and O–H groups in total. The van der Waals surface area contributed by atoms with E-state index >= 15 is 0 Å². The summed E-state index contributed by atoms with van der Waals surface area (Å²) in [6.45, 7) is 3.45. The molecule has 2 aromatic heterocycles. The standard InChI is InChI=1S/C15H19N3O/c1-5-16-13-3-7-18(6-2-11(1)13)12-9-15-14(17-10-12)4-8-19-15/h4,8-11,13,16H,1-3,5-7H2. The maximum atomic E-state index is 5.45. The van der Waals surface area contributed by atoms with Crippen molar-refractivity contribution in [3.8, 4) is 0 Å². The van der Waals surface area contributed by atoms with Gasteiger partial charge in [-0.2, -0.15) is 0 Å². The Morgan fingerprint density at radius 3 is 3.21 bits per heavy atom. The van der Waals surface area contributed by atoms with Crippen LogP contribution < -0.4 is 10.2 Å². The Kier molecular flexibility index (Phi) is 2.69. The molecule has 2 aliphatic heterocycles. The highest BCUT2D eigenvalue weighted by atomic mass is 16.3. The van der Waals surface area contributed by atoms with Gasteiger partial charge in [-0.05, 0) is 31.7 Å². The van der Waals surface area contributed by atoms with Gasteiger partial charge < -0.3 is 14.6 Å². The molecule has 2 aromatic rings. The SMILES string of the molecule is c1cc2ncc(N3CCC4CCNC4CC3)cc2o1. The van der Waals surface area contributed by atoms with Gasteiger partial charge in [-0.25, -0.2) is 0 Å². The summed E-state index contributed by atoms with van der Waals surface area (Å²) in [5.41, 5.74) is 3.03. The van der Waals surface area contributed by atoms with E-state index in [9.17, 15) is 0 Å². The molecule has 19 heavy (non-hydrogen) atoms. The molecule has 0 amide bonds. The summed E-state index contributed by atoms with van der Waals surface area (Å²) in [5, 5.41) is 3.64. The molecule has 2 unspecified atom stereocenters. The Labute approximate surface area is 112 Å². The summed E-state index contributed by atoms with van der Waals surface area (Å²) in [5.74, 6) is 0.866. The zero-order valence-electron chi connectivity index (χ0n) is 11.0.